The van der Waals surface area contributed by atoms with Crippen molar-refractivity contribution in [2.24, 2.45) is 0 Å². The Hall–Kier alpha value is -1.62. The minimum atomic E-state index is -1.69. The highest BCUT2D eigenvalue weighted by Gasteiger charge is 2.20. The van der Waals surface area contributed by atoms with Crippen LogP contribution in [-0.4, -0.2) is 41.5 Å². The van der Waals surface area contributed by atoms with Crippen LogP contribution in [0.5, 0.6) is 5.75 Å². The number of nitriles is 1. The van der Waals surface area contributed by atoms with Gasteiger partial charge in [0.1, 0.15) is 12.2 Å². The summed E-state index contributed by atoms with van der Waals surface area (Å²) >= 11 is 0. The Balaban J connectivity index is 2.14. The molecule has 0 aliphatic carbocycles. The third kappa shape index (κ3) is 2.98. The minimum absolute atomic E-state index is 0.0116. The van der Waals surface area contributed by atoms with Crippen molar-refractivity contribution in [3.63, 3.8) is 0 Å². The molecule has 1 aliphatic rings. The minimum Gasteiger partial charge on any atom is -0.487 e. The quantitative estimate of drug-likeness (QED) is 0.679. The van der Waals surface area contributed by atoms with Gasteiger partial charge in [0.2, 0.25) is 0 Å². The van der Waals surface area contributed by atoms with Gasteiger partial charge in [-0.1, -0.05) is 0 Å². The Kier molecular flexibility index (Phi) is 4.15. The van der Waals surface area contributed by atoms with Crippen LogP contribution in [0.25, 0.3) is 0 Å². The Bertz CT molecular complexity index is 455. The number of hydrogen-bond acceptors (Lipinski definition) is 6. The number of ether oxygens (including phenoxy) is 2. The third-order valence-corrected chi connectivity index (χ3v) is 2.71. The molecular formula is C11H13BN2O4. The fourth-order valence-electron chi connectivity index (χ4n) is 1.75. The van der Waals surface area contributed by atoms with E-state index in [4.69, 9.17) is 24.8 Å². The van der Waals surface area contributed by atoms with Crippen LogP contribution in [0.3, 0.4) is 0 Å². The van der Waals surface area contributed by atoms with Crippen molar-refractivity contribution in [2.75, 3.05) is 13.2 Å². The molecule has 2 N–H and O–H groups in total. The zero-order valence-corrected chi connectivity index (χ0v) is 9.74. The predicted molar refractivity (Wildman–Crippen MR) is 63.2 cm³/mol. The molecule has 0 atom stereocenters. The van der Waals surface area contributed by atoms with Gasteiger partial charge in [-0.2, -0.15) is 5.26 Å². The van der Waals surface area contributed by atoms with E-state index in [-0.39, 0.29) is 17.4 Å². The van der Waals surface area contributed by atoms with Crippen molar-refractivity contribution in [1.82, 2.24) is 4.98 Å². The van der Waals surface area contributed by atoms with Gasteiger partial charge in [-0.25, -0.2) is 4.98 Å². The van der Waals surface area contributed by atoms with E-state index < -0.39 is 7.12 Å². The lowest BCUT2D eigenvalue weighted by atomic mass is 9.85. The SMILES string of the molecule is N#Cc1nc(B(O)O)ccc1OC1CCOCC1. The van der Waals surface area contributed by atoms with Crippen molar-refractivity contribution >= 4 is 12.7 Å². The van der Waals surface area contributed by atoms with Gasteiger partial charge < -0.3 is 19.5 Å². The molecular weight excluding hydrogens is 235 g/mol. The molecule has 7 heteroatoms. The number of aromatic nitrogens is 1. The second kappa shape index (κ2) is 5.82. The van der Waals surface area contributed by atoms with Gasteiger partial charge in [0.25, 0.3) is 0 Å². The molecule has 1 fully saturated rings. The maximum Gasteiger partial charge on any atom is 0.508 e. The van der Waals surface area contributed by atoms with Crippen LogP contribution in [0, 0.1) is 11.3 Å². The summed E-state index contributed by atoms with van der Waals surface area (Å²) in [5.74, 6) is 0.369. The molecule has 1 aliphatic heterocycles. The van der Waals surface area contributed by atoms with E-state index in [9.17, 15) is 0 Å². The molecule has 94 valence electrons. The number of nitrogens with zero attached hydrogens (tertiary/aromatic N) is 2. The van der Waals surface area contributed by atoms with Gasteiger partial charge in [-0.05, 0) is 12.1 Å². The Morgan fingerprint density at radius 1 is 1.39 bits per heavy atom. The third-order valence-electron chi connectivity index (χ3n) is 2.71. The summed E-state index contributed by atoms with van der Waals surface area (Å²) < 4.78 is 10.9. The maximum atomic E-state index is 8.98. The van der Waals surface area contributed by atoms with Crippen molar-refractivity contribution in [2.45, 2.75) is 18.9 Å². The molecule has 6 nitrogen and oxygen atoms in total. The summed E-state index contributed by atoms with van der Waals surface area (Å²) in [6.07, 6.45) is 1.56. The molecule has 0 amide bonds. The highest BCUT2D eigenvalue weighted by molar-refractivity contribution is 6.57. The van der Waals surface area contributed by atoms with Crippen molar-refractivity contribution in [1.29, 1.82) is 5.26 Å². The van der Waals surface area contributed by atoms with E-state index >= 15 is 0 Å². The van der Waals surface area contributed by atoms with Crippen LogP contribution < -0.4 is 10.3 Å². The second-order valence-electron chi connectivity index (χ2n) is 4.00. The maximum absolute atomic E-state index is 8.98. The van der Waals surface area contributed by atoms with Gasteiger partial charge in [0.05, 0.1) is 18.8 Å². The number of hydrogen-bond donors (Lipinski definition) is 2. The first kappa shape index (κ1) is 12.8. The van der Waals surface area contributed by atoms with Crippen LogP contribution in [-0.2, 0) is 4.74 Å². The molecule has 0 unspecified atom stereocenters. The first-order chi connectivity index (χ1) is 8.70. The molecule has 0 aromatic carbocycles. The van der Waals surface area contributed by atoms with Gasteiger partial charge >= 0.3 is 7.12 Å². The number of rotatable bonds is 3. The highest BCUT2D eigenvalue weighted by atomic mass is 16.5. The zero-order chi connectivity index (χ0) is 13.0. The lowest BCUT2D eigenvalue weighted by Gasteiger charge is -2.23. The summed E-state index contributed by atoms with van der Waals surface area (Å²) in [6.45, 7) is 1.29. The molecule has 0 radical (unpaired) electrons. The van der Waals surface area contributed by atoms with Crippen molar-refractivity contribution in [3.05, 3.63) is 17.8 Å². The van der Waals surface area contributed by atoms with Gasteiger partial charge in [-0.15, -0.1) is 0 Å². The Labute approximate surface area is 105 Å². The second-order valence-corrected chi connectivity index (χ2v) is 4.00. The molecule has 2 heterocycles. The summed E-state index contributed by atoms with van der Waals surface area (Å²) in [5, 5.41) is 26.9. The topological polar surface area (TPSA) is 95.6 Å². The van der Waals surface area contributed by atoms with E-state index in [1.54, 1.807) is 0 Å². The first-order valence-corrected chi connectivity index (χ1v) is 5.72. The van der Waals surface area contributed by atoms with Crippen LogP contribution in [0.15, 0.2) is 12.1 Å². The average Bonchev–Trinajstić information content (AvgIpc) is 2.40. The number of pyridine rings is 1. The largest absolute Gasteiger partial charge is 0.508 e. The predicted octanol–water partition coefficient (Wildman–Crippen LogP) is -0.809. The average molecular weight is 248 g/mol. The molecule has 2 rings (SSSR count). The van der Waals surface area contributed by atoms with Gasteiger partial charge in [0, 0.05) is 12.8 Å². The molecule has 0 spiro atoms. The standard InChI is InChI=1S/C11H13BN2O4/c13-7-9-10(1-2-11(14-9)12(15)16)18-8-3-5-17-6-4-8/h1-2,8,15-16H,3-6H2. The van der Waals surface area contributed by atoms with Gasteiger partial charge in [-0.3, -0.25) is 0 Å². The molecule has 18 heavy (non-hydrogen) atoms. The van der Waals surface area contributed by atoms with E-state index in [0.717, 1.165) is 12.8 Å². The molecule has 1 saturated heterocycles. The van der Waals surface area contributed by atoms with Crippen LogP contribution in [0.1, 0.15) is 18.5 Å². The van der Waals surface area contributed by atoms with E-state index in [1.165, 1.54) is 12.1 Å². The summed E-state index contributed by atoms with van der Waals surface area (Å²) in [4.78, 5) is 3.84. The fraction of sp³-hybridized carbons (Fsp3) is 0.455. The molecule has 1 aromatic heterocycles. The van der Waals surface area contributed by atoms with Gasteiger partial charge in [0.15, 0.2) is 11.4 Å². The monoisotopic (exact) mass is 248 g/mol. The Morgan fingerprint density at radius 2 is 2.11 bits per heavy atom. The Morgan fingerprint density at radius 3 is 2.72 bits per heavy atom. The molecule has 1 aromatic rings. The summed E-state index contributed by atoms with van der Waals surface area (Å²) in [7, 11) is -1.69. The van der Waals surface area contributed by atoms with Crippen molar-refractivity contribution < 1.29 is 19.5 Å². The zero-order valence-electron chi connectivity index (χ0n) is 9.74. The van der Waals surface area contributed by atoms with Crippen molar-refractivity contribution in [3.8, 4) is 11.8 Å². The first-order valence-electron chi connectivity index (χ1n) is 5.72. The molecule has 0 bridgehead atoms. The van der Waals surface area contributed by atoms with E-state index in [0.29, 0.717) is 19.0 Å². The summed E-state index contributed by atoms with van der Waals surface area (Å²) in [6, 6.07) is 4.86. The van der Waals surface area contributed by atoms with E-state index in [2.05, 4.69) is 4.98 Å². The van der Waals surface area contributed by atoms with Crippen LogP contribution in [0.2, 0.25) is 0 Å². The van der Waals surface area contributed by atoms with Crippen LogP contribution in [0.4, 0.5) is 0 Å². The lowest BCUT2D eigenvalue weighted by molar-refractivity contribution is 0.0253. The smallest absolute Gasteiger partial charge is 0.487 e. The summed E-state index contributed by atoms with van der Waals surface area (Å²) in [5.41, 5.74) is 0.0953. The lowest BCUT2D eigenvalue weighted by Crippen LogP contribution is -2.33. The van der Waals surface area contributed by atoms with E-state index in [1.807, 2.05) is 6.07 Å². The highest BCUT2D eigenvalue weighted by Crippen LogP contribution is 2.19. The fourth-order valence-corrected chi connectivity index (χ4v) is 1.75. The molecule has 0 saturated carbocycles. The van der Waals surface area contributed by atoms with Crippen LogP contribution >= 0.6 is 0 Å². The normalized spacial score (nSPS) is 16.1.